The summed E-state index contributed by atoms with van der Waals surface area (Å²) in [6, 6.07) is 0. The van der Waals surface area contributed by atoms with Crippen molar-refractivity contribution in [3.05, 3.63) is 0 Å². The van der Waals surface area contributed by atoms with Gasteiger partial charge in [-0.1, -0.05) is 85.5 Å². The van der Waals surface area contributed by atoms with Crippen molar-refractivity contribution in [1.82, 2.24) is 0 Å². The summed E-state index contributed by atoms with van der Waals surface area (Å²) in [5, 5.41) is 0. The highest BCUT2D eigenvalue weighted by atomic mass is 14.4. The average Bonchev–Trinajstić information content (AvgIpc) is 3.08. The van der Waals surface area contributed by atoms with Crippen molar-refractivity contribution in [3.8, 4) is 0 Å². The first kappa shape index (κ1) is 16.1. The van der Waals surface area contributed by atoms with Crippen molar-refractivity contribution in [2.45, 2.75) is 91.9 Å². The molecule has 1 aliphatic carbocycles. The monoisotopic (exact) mass is 252 g/mol. The number of unbranched alkanes of at least 4 members (excludes halogenated alkanes) is 2. The van der Waals surface area contributed by atoms with Gasteiger partial charge in [-0.25, -0.2) is 0 Å². The van der Waals surface area contributed by atoms with Crippen LogP contribution in [0.5, 0.6) is 0 Å². The predicted molar refractivity (Wildman–Crippen MR) is 82.8 cm³/mol. The molecule has 0 N–H and O–H groups in total. The van der Waals surface area contributed by atoms with Gasteiger partial charge in [-0.3, -0.25) is 0 Å². The van der Waals surface area contributed by atoms with Crippen LogP contribution >= 0.6 is 0 Å². The molecule has 0 aromatic heterocycles. The van der Waals surface area contributed by atoms with Crippen LogP contribution in [-0.2, 0) is 0 Å². The number of rotatable bonds is 11. The summed E-state index contributed by atoms with van der Waals surface area (Å²) in [7, 11) is 0. The minimum Gasteiger partial charge on any atom is -0.0654 e. The van der Waals surface area contributed by atoms with Gasteiger partial charge in [0.25, 0.3) is 0 Å². The lowest BCUT2D eigenvalue weighted by atomic mass is 9.94. The third-order valence-electron chi connectivity index (χ3n) is 4.76. The summed E-state index contributed by atoms with van der Waals surface area (Å²) in [6.07, 6.45) is 14.8. The fourth-order valence-corrected chi connectivity index (χ4v) is 3.15. The van der Waals surface area contributed by atoms with Crippen molar-refractivity contribution >= 4 is 0 Å². The molecule has 3 atom stereocenters. The molecule has 18 heavy (non-hydrogen) atoms. The van der Waals surface area contributed by atoms with Crippen LogP contribution in [0.1, 0.15) is 91.9 Å². The largest absolute Gasteiger partial charge is 0.0654 e. The standard InChI is InChI=1S/C18H36/c1-5-6-10-17-14-18(17)11-8-7-9-16(4)13-12-15(2)3/h15-18H,5-14H2,1-4H3. The molecule has 0 spiro atoms. The van der Waals surface area contributed by atoms with Gasteiger partial charge in [-0.2, -0.15) is 0 Å². The summed E-state index contributed by atoms with van der Waals surface area (Å²) >= 11 is 0. The summed E-state index contributed by atoms with van der Waals surface area (Å²) in [4.78, 5) is 0. The molecular weight excluding hydrogens is 216 g/mol. The fraction of sp³-hybridized carbons (Fsp3) is 1.00. The molecule has 3 unspecified atom stereocenters. The zero-order valence-electron chi connectivity index (χ0n) is 13.4. The van der Waals surface area contributed by atoms with Gasteiger partial charge in [0.2, 0.25) is 0 Å². The molecule has 1 fully saturated rings. The van der Waals surface area contributed by atoms with Crippen LogP contribution < -0.4 is 0 Å². The van der Waals surface area contributed by atoms with E-state index in [9.17, 15) is 0 Å². The van der Waals surface area contributed by atoms with Gasteiger partial charge < -0.3 is 0 Å². The summed E-state index contributed by atoms with van der Waals surface area (Å²) in [6.45, 7) is 9.45. The van der Waals surface area contributed by atoms with Crippen LogP contribution in [0.15, 0.2) is 0 Å². The Morgan fingerprint density at radius 2 is 1.50 bits per heavy atom. The highest BCUT2D eigenvalue weighted by molar-refractivity contribution is 4.85. The minimum absolute atomic E-state index is 0.887. The van der Waals surface area contributed by atoms with Gasteiger partial charge >= 0.3 is 0 Å². The lowest BCUT2D eigenvalue weighted by Crippen LogP contribution is -1.98. The van der Waals surface area contributed by atoms with Crippen molar-refractivity contribution in [2.75, 3.05) is 0 Å². The maximum Gasteiger partial charge on any atom is -0.0383 e. The molecule has 1 aliphatic rings. The van der Waals surface area contributed by atoms with Crippen LogP contribution in [-0.4, -0.2) is 0 Å². The third-order valence-corrected chi connectivity index (χ3v) is 4.76. The lowest BCUT2D eigenvalue weighted by molar-refractivity contribution is 0.408. The second kappa shape index (κ2) is 8.99. The fourth-order valence-electron chi connectivity index (χ4n) is 3.15. The summed E-state index contributed by atoms with van der Waals surface area (Å²) in [5.41, 5.74) is 0. The van der Waals surface area contributed by atoms with E-state index >= 15 is 0 Å². The smallest absolute Gasteiger partial charge is 0.0383 e. The van der Waals surface area contributed by atoms with E-state index in [1.165, 1.54) is 57.8 Å². The summed E-state index contributed by atoms with van der Waals surface area (Å²) in [5.74, 6) is 4.10. The van der Waals surface area contributed by atoms with Crippen molar-refractivity contribution in [1.29, 1.82) is 0 Å². The maximum atomic E-state index is 2.45. The zero-order chi connectivity index (χ0) is 13.4. The Balaban J connectivity index is 1.87. The Bertz CT molecular complexity index is 194. The van der Waals surface area contributed by atoms with Gasteiger partial charge in [-0.15, -0.1) is 0 Å². The minimum atomic E-state index is 0.887. The van der Waals surface area contributed by atoms with Crippen LogP contribution in [0.3, 0.4) is 0 Å². The third kappa shape index (κ3) is 7.44. The second-order valence-electron chi connectivity index (χ2n) is 7.26. The lowest BCUT2D eigenvalue weighted by Gasteiger charge is -2.12. The first-order valence-corrected chi connectivity index (χ1v) is 8.63. The topological polar surface area (TPSA) is 0 Å². The van der Waals surface area contributed by atoms with Crippen molar-refractivity contribution in [3.63, 3.8) is 0 Å². The molecular formula is C18H36. The first-order valence-electron chi connectivity index (χ1n) is 8.63. The van der Waals surface area contributed by atoms with Crippen LogP contribution in [0, 0.1) is 23.7 Å². The molecule has 0 amide bonds. The summed E-state index contributed by atoms with van der Waals surface area (Å²) < 4.78 is 0. The molecule has 1 rings (SSSR count). The molecule has 0 radical (unpaired) electrons. The Morgan fingerprint density at radius 1 is 0.833 bits per heavy atom. The van der Waals surface area contributed by atoms with Crippen LogP contribution in [0.25, 0.3) is 0 Å². The second-order valence-corrected chi connectivity index (χ2v) is 7.26. The van der Waals surface area contributed by atoms with Gasteiger partial charge in [0, 0.05) is 0 Å². The highest BCUT2D eigenvalue weighted by Crippen LogP contribution is 2.45. The van der Waals surface area contributed by atoms with Gasteiger partial charge in [0.05, 0.1) is 0 Å². The predicted octanol–water partition coefficient (Wildman–Crippen LogP) is 6.45. The van der Waals surface area contributed by atoms with Crippen LogP contribution in [0.4, 0.5) is 0 Å². The Labute approximate surface area is 116 Å². The average molecular weight is 252 g/mol. The molecule has 0 aromatic rings. The molecule has 1 saturated carbocycles. The molecule has 0 heteroatoms. The Kier molecular flexibility index (Phi) is 8.02. The Hall–Kier alpha value is 0. The quantitative estimate of drug-likeness (QED) is 0.371. The van der Waals surface area contributed by atoms with E-state index in [1.54, 1.807) is 6.42 Å². The Morgan fingerprint density at radius 3 is 2.11 bits per heavy atom. The van der Waals surface area contributed by atoms with Crippen LogP contribution in [0.2, 0.25) is 0 Å². The molecule has 108 valence electrons. The molecule has 0 aromatic carbocycles. The molecule has 0 nitrogen and oxygen atoms in total. The van der Waals surface area contributed by atoms with E-state index in [-0.39, 0.29) is 0 Å². The molecule has 0 bridgehead atoms. The SMILES string of the molecule is CCCCC1CC1CCCCC(C)CCC(C)C. The molecule has 0 heterocycles. The van der Waals surface area contributed by atoms with Crippen molar-refractivity contribution in [2.24, 2.45) is 23.7 Å². The highest BCUT2D eigenvalue weighted by Gasteiger charge is 2.34. The van der Waals surface area contributed by atoms with E-state index in [2.05, 4.69) is 27.7 Å². The number of hydrogen-bond donors (Lipinski definition) is 0. The van der Waals surface area contributed by atoms with E-state index in [4.69, 9.17) is 0 Å². The van der Waals surface area contributed by atoms with Gasteiger partial charge in [-0.05, 0) is 30.1 Å². The van der Waals surface area contributed by atoms with Gasteiger partial charge in [0.15, 0.2) is 0 Å². The van der Waals surface area contributed by atoms with Crippen molar-refractivity contribution < 1.29 is 0 Å². The zero-order valence-corrected chi connectivity index (χ0v) is 13.4. The van der Waals surface area contributed by atoms with Gasteiger partial charge in [0.1, 0.15) is 0 Å². The van der Waals surface area contributed by atoms with E-state index < -0.39 is 0 Å². The molecule has 0 saturated heterocycles. The van der Waals surface area contributed by atoms with E-state index in [0.29, 0.717) is 0 Å². The maximum absolute atomic E-state index is 2.45. The number of hydrogen-bond acceptors (Lipinski definition) is 0. The molecule has 0 aliphatic heterocycles. The normalized spacial score (nSPS) is 24.5. The van der Waals surface area contributed by atoms with E-state index in [0.717, 1.165) is 23.7 Å². The first-order chi connectivity index (χ1) is 8.63. The van der Waals surface area contributed by atoms with E-state index in [1.807, 2.05) is 0 Å².